The molecule has 0 spiro atoms. The summed E-state index contributed by atoms with van der Waals surface area (Å²) < 4.78 is 5.54. The molecule has 0 aromatic heterocycles. The fourth-order valence-corrected chi connectivity index (χ4v) is 4.87. The molecule has 3 heterocycles. The van der Waals surface area contributed by atoms with Crippen molar-refractivity contribution in [1.82, 2.24) is 15.1 Å². The second-order valence-corrected chi connectivity index (χ2v) is 10.6. The standard InChI is InChI=1S/C26H38N4O4/c1-26(2,3)25(33)27-19-10-12-28(13-11-19)21-8-5-4-7-20(21)23(31)29-14-16-30(17-15-29)24(32)22-9-6-18-34-22/h4-5,7-8,19,22H,6,9-18H2,1-3H3,(H,27,33)/t22-/m0/s1. The van der Waals surface area contributed by atoms with Gasteiger partial charge in [-0.3, -0.25) is 14.4 Å². The van der Waals surface area contributed by atoms with Gasteiger partial charge in [-0.1, -0.05) is 32.9 Å². The predicted octanol–water partition coefficient (Wildman–Crippen LogP) is 2.28. The van der Waals surface area contributed by atoms with Gasteiger partial charge in [0, 0.05) is 63.0 Å². The minimum Gasteiger partial charge on any atom is -0.371 e. The highest BCUT2D eigenvalue weighted by Gasteiger charge is 2.33. The Morgan fingerprint density at radius 2 is 1.56 bits per heavy atom. The Balaban J connectivity index is 1.34. The van der Waals surface area contributed by atoms with Gasteiger partial charge in [0.1, 0.15) is 6.10 Å². The van der Waals surface area contributed by atoms with Crippen LogP contribution in [-0.2, 0) is 14.3 Å². The number of nitrogens with zero attached hydrogens (tertiary/aromatic N) is 3. The molecule has 8 heteroatoms. The Bertz CT molecular complexity index is 890. The van der Waals surface area contributed by atoms with E-state index in [9.17, 15) is 14.4 Å². The van der Waals surface area contributed by atoms with E-state index in [1.54, 1.807) is 0 Å². The molecular formula is C26H38N4O4. The number of rotatable bonds is 4. The highest BCUT2D eigenvalue weighted by Crippen LogP contribution is 2.27. The maximum atomic E-state index is 13.4. The van der Waals surface area contributed by atoms with Crippen LogP contribution in [-0.4, -0.2) is 85.5 Å². The first-order valence-corrected chi connectivity index (χ1v) is 12.6. The Hall–Kier alpha value is -2.61. The number of carbonyl (C=O) groups excluding carboxylic acids is 3. The summed E-state index contributed by atoms with van der Waals surface area (Å²) in [4.78, 5) is 44.3. The Labute approximate surface area is 202 Å². The van der Waals surface area contributed by atoms with Crippen LogP contribution in [0.15, 0.2) is 24.3 Å². The molecule has 34 heavy (non-hydrogen) atoms. The van der Waals surface area contributed by atoms with Crippen molar-refractivity contribution in [3.8, 4) is 0 Å². The van der Waals surface area contributed by atoms with E-state index in [-0.39, 0.29) is 29.9 Å². The summed E-state index contributed by atoms with van der Waals surface area (Å²) in [5.74, 6) is 0.160. The lowest BCUT2D eigenvalue weighted by Crippen LogP contribution is -2.53. The molecule has 3 aliphatic heterocycles. The van der Waals surface area contributed by atoms with Crippen molar-refractivity contribution in [2.45, 2.75) is 58.6 Å². The number of piperazine rings is 1. The number of ether oxygens (including phenoxy) is 1. The monoisotopic (exact) mass is 470 g/mol. The molecule has 3 aliphatic rings. The van der Waals surface area contributed by atoms with Crippen LogP contribution < -0.4 is 10.2 Å². The Morgan fingerprint density at radius 3 is 2.18 bits per heavy atom. The molecule has 1 aromatic rings. The minimum absolute atomic E-state index is 0.0166. The van der Waals surface area contributed by atoms with Gasteiger partial charge in [-0.15, -0.1) is 0 Å². The van der Waals surface area contributed by atoms with Crippen molar-refractivity contribution in [2.75, 3.05) is 50.8 Å². The van der Waals surface area contributed by atoms with Crippen molar-refractivity contribution in [3.05, 3.63) is 29.8 Å². The van der Waals surface area contributed by atoms with Gasteiger partial charge in [0.15, 0.2) is 0 Å². The van der Waals surface area contributed by atoms with Crippen LogP contribution in [0.3, 0.4) is 0 Å². The summed E-state index contributed by atoms with van der Waals surface area (Å²) in [5.41, 5.74) is 1.26. The van der Waals surface area contributed by atoms with E-state index < -0.39 is 5.41 Å². The van der Waals surface area contributed by atoms with Crippen molar-refractivity contribution < 1.29 is 19.1 Å². The zero-order valence-electron chi connectivity index (χ0n) is 20.7. The summed E-state index contributed by atoms with van der Waals surface area (Å²) in [6.45, 7) is 10.2. The summed E-state index contributed by atoms with van der Waals surface area (Å²) in [5, 5.41) is 3.17. The predicted molar refractivity (Wildman–Crippen MR) is 131 cm³/mol. The van der Waals surface area contributed by atoms with Gasteiger partial charge in [0.05, 0.1) is 5.56 Å². The molecule has 0 saturated carbocycles. The van der Waals surface area contributed by atoms with E-state index in [0.29, 0.717) is 38.3 Å². The molecular weight excluding hydrogens is 432 g/mol. The van der Waals surface area contributed by atoms with Crippen molar-refractivity contribution in [1.29, 1.82) is 0 Å². The van der Waals surface area contributed by atoms with E-state index in [1.807, 2.05) is 54.8 Å². The average molecular weight is 471 g/mol. The molecule has 0 unspecified atom stereocenters. The number of anilines is 1. The van der Waals surface area contributed by atoms with Gasteiger partial charge >= 0.3 is 0 Å². The third kappa shape index (κ3) is 5.54. The van der Waals surface area contributed by atoms with Crippen LogP contribution in [0.1, 0.15) is 56.8 Å². The lowest BCUT2D eigenvalue weighted by atomic mass is 9.94. The zero-order valence-corrected chi connectivity index (χ0v) is 20.7. The van der Waals surface area contributed by atoms with Crippen molar-refractivity contribution >= 4 is 23.4 Å². The molecule has 1 aromatic carbocycles. The maximum Gasteiger partial charge on any atom is 0.256 e. The largest absolute Gasteiger partial charge is 0.371 e. The van der Waals surface area contributed by atoms with Gasteiger partial charge in [-0.2, -0.15) is 0 Å². The summed E-state index contributed by atoms with van der Waals surface area (Å²) in [6.07, 6.45) is 3.13. The van der Waals surface area contributed by atoms with Crippen LogP contribution in [0, 0.1) is 5.41 Å². The SMILES string of the molecule is CC(C)(C)C(=O)NC1CCN(c2ccccc2C(=O)N2CCN(C(=O)[C@@H]3CCCO3)CC2)CC1. The van der Waals surface area contributed by atoms with E-state index >= 15 is 0 Å². The molecule has 3 amide bonds. The van der Waals surface area contributed by atoms with Crippen molar-refractivity contribution in [3.63, 3.8) is 0 Å². The molecule has 0 aliphatic carbocycles. The maximum absolute atomic E-state index is 13.4. The van der Waals surface area contributed by atoms with Crippen LogP contribution in [0.2, 0.25) is 0 Å². The summed E-state index contributed by atoms with van der Waals surface area (Å²) in [7, 11) is 0. The van der Waals surface area contributed by atoms with Gasteiger partial charge < -0.3 is 24.8 Å². The topological polar surface area (TPSA) is 82.2 Å². The summed E-state index contributed by atoms with van der Waals surface area (Å²) in [6, 6.07) is 7.95. The fraction of sp³-hybridized carbons (Fsp3) is 0.654. The number of benzene rings is 1. The quantitative estimate of drug-likeness (QED) is 0.730. The first kappa shape index (κ1) is 24.5. The van der Waals surface area contributed by atoms with Crippen LogP contribution in [0.25, 0.3) is 0 Å². The third-order valence-electron chi connectivity index (χ3n) is 7.07. The molecule has 4 rings (SSSR count). The third-order valence-corrected chi connectivity index (χ3v) is 7.07. The number of piperidine rings is 1. The first-order valence-electron chi connectivity index (χ1n) is 12.6. The lowest BCUT2D eigenvalue weighted by Gasteiger charge is -2.38. The smallest absolute Gasteiger partial charge is 0.256 e. The number of nitrogens with one attached hydrogen (secondary N) is 1. The van der Waals surface area contributed by atoms with Gasteiger partial charge in [0.25, 0.3) is 11.8 Å². The van der Waals surface area contributed by atoms with E-state index in [0.717, 1.165) is 44.5 Å². The lowest BCUT2D eigenvalue weighted by molar-refractivity contribution is -0.142. The highest BCUT2D eigenvalue weighted by molar-refractivity contribution is 6.00. The molecule has 0 radical (unpaired) electrons. The van der Waals surface area contributed by atoms with Gasteiger partial charge in [-0.05, 0) is 37.8 Å². The molecule has 3 fully saturated rings. The number of carbonyl (C=O) groups is 3. The number of amides is 3. The minimum atomic E-state index is -0.394. The van der Waals surface area contributed by atoms with E-state index in [4.69, 9.17) is 4.74 Å². The Morgan fingerprint density at radius 1 is 0.912 bits per heavy atom. The number of hydrogen-bond acceptors (Lipinski definition) is 5. The van der Waals surface area contributed by atoms with Crippen LogP contribution >= 0.6 is 0 Å². The molecule has 1 atom stereocenters. The average Bonchev–Trinajstić information content (AvgIpc) is 3.38. The normalized spacial score (nSPS) is 22.1. The van der Waals surface area contributed by atoms with E-state index in [1.165, 1.54) is 0 Å². The molecule has 186 valence electrons. The number of para-hydroxylation sites is 1. The van der Waals surface area contributed by atoms with Crippen LogP contribution in [0.5, 0.6) is 0 Å². The fourth-order valence-electron chi connectivity index (χ4n) is 4.87. The molecule has 1 N–H and O–H groups in total. The molecule has 3 saturated heterocycles. The second kappa shape index (κ2) is 10.3. The van der Waals surface area contributed by atoms with Gasteiger partial charge in [0.2, 0.25) is 5.91 Å². The second-order valence-electron chi connectivity index (χ2n) is 10.6. The molecule has 0 bridgehead atoms. The van der Waals surface area contributed by atoms with Crippen molar-refractivity contribution in [2.24, 2.45) is 5.41 Å². The molecule has 8 nitrogen and oxygen atoms in total. The van der Waals surface area contributed by atoms with Crippen LogP contribution in [0.4, 0.5) is 5.69 Å². The number of hydrogen-bond donors (Lipinski definition) is 1. The summed E-state index contributed by atoms with van der Waals surface area (Å²) >= 11 is 0. The van der Waals surface area contributed by atoms with Gasteiger partial charge in [-0.25, -0.2) is 0 Å². The first-order chi connectivity index (χ1) is 16.2. The highest BCUT2D eigenvalue weighted by atomic mass is 16.5. The zero-order chi connectivity index (χ0) is 24.3. The Kier molecular flexibility index (Phi) is 7.45. The van der Waals surface area contributed by atoms with E-state index in [2.05, 4.69) is 10.2 Å².